The first kappa shape index (κ1) is 17.1. The molecule has 1 aliphatic heterocycles. The Balaban J connectivity index is 1.48. The van der Waals surface area contributed by atoms with Gasteiger partial charge in [0.1, 0.15) is 31.1 Å². The number of hydrogen-bond acceptors (Lipinski definition) is 6. The molecular weight excluding hydrogens is 368 g/mol. The first-order valence-electron chi connectivity index (χ1n) is 8.23. The summed E-state index contributed by atoms with van der Waals surface area (Å²) in [4.78, 5) is 20.6. The maximum atomic E-state index is 12.4. The molecular formula is C19H15ClN4O3. The largest absolute Gasteiger partial charge is 0.486 e. The number of halogens is 1. The van der Waals surface area contributed by atoms with Gasteiger partial charge >= 0.3 is 0 Å². The second kappa shape index (κ2) is 7.51. The van der Waals surface area contributed by atoms with E-state index in [0.29, 0.717) is 41.2 Å². The molecule has 2 heterocycles. The highest BCUT2D eigenvalue weighted by Crippen LogP contribution is 2.33. The molecule has 7 nitrogen and oxygen atoms in total. The number of nitrogens with zero attached hydrogens (tertiary/aromatic N) is 2. The summed E-state index contributed by atoms with van der Waals surface area (Å²) < 4.78 is 11.1. The van der Waals surface area contributed by atoms with Gasteiger partial charge in [0.25, 0.3) is 5.91 Å². The third-order valence-corrected chi connectivity index (χ3v) is 4.07. The summed E-state index contributed by atoms with van der Waals surface area (Å²) in [5.74, 6) is 1.52. The van der Waals surface area contributed by atoms with Gasteiger partial charge in [-0.25, -0.2) is 9.97 Å². The summed E-state index contributed by atoms with van der Waals surface area (Å²) in [5, 5.41) is 6.50. The minimum atomic E-state index is -0.343. The molecule has 27 heavy (non-hydrogen) atoms. The molecule has 1 aromatic heterocycles. The van der Waals surface area contributed by atoms with Gasteiger partial charge in [0.05, 0.1) is 0 Å². The van der Waals surface area contributed by atoms with Crippen LogP contribution in [-0.2, 0) is 0 Å². The van der Waals surface area contributed by atoms with Gasteiger partial charge in [0.15, 0.2) is 11.5 Å². The molecule has 0 bridgehead atoms. The van der Waals surface area contributed by atoms with Crippen LogP contribution in [0.2, 0.25) is 5.02 Å². The number of nitrogens with one attached hydrogen (secondary N) is 2. The molecule has 4 rings (SSSR count). The predicted molar refractivity (Wildman–Crippen MR) is 102 cm³/mol. The van der Waals surface area contributed by atoms with Gasteiger partial charge in [-0.1, -0.05) is 11.6 Å². The summed E-state index contributed by atoms with van der Waals surface area (Å²) in [6, 6.07) is 13.9. The van der Waals surface area contributed by atoms with Crippen molar-refractivity contribution >= 4 is 34.7 Å². The van der Waals surface area contributed by atoms with E-state index >= 15 is 0 Å². The number of rotatable bonds is 4. The van der Waals surface area contributed by atoms with E-state index in [1.165, 1.54) is 6.33 Å². The molecule has 3 aromatic rings. The number of amides is 1. The Morgan fingerprint density at radius 2 is 1.67 bits per heavy atom. The Morgan fingerprint density at radius 1 is 0.926 bits per heavy atom. The van der Waals surface area contributed by atoms with Crippen LogP contribution in [0.1, 0.15) is 10.5 Å². The van der Waals surface area contributed by atoms with Crippen molar-refractivity contribution in [3.8, 4) is 11.5 Å². The van der Waals surface area contributed by atoms with Gasteiger partial charge in [0, 0.05) is 28.5 Å². The third kappa shape index (κ3) is 4.09. The lowest BCUT2D eigenvalue weighted by Gasteiger charge is -2.19. The van der Waals surface area contributed by atoms with Crippen LogP contribution in [0.4, 0.5) is 17.2 Å². The molecule has 1 amide bonds. The lowest BCUT2D eigenvalue weighted by Crippen LogP contribution is -2.15. The van der Waals surface area contributed by atoms with Crippen LogP contribution in [0, 0.1) is 0 Å². The zero-order chi connectivity index (χ0) is 18.6. The Labute approximate surface area is 160 Å². The molecule has 1 aliphatic rings. The van der Waals surface area contributed by atoms with E-state index in [1.807, 2.05) is 18.2 Å². The van der Waals surface area contributed by atoms with Crippen molar-refractivity contribution in [2.24, 2.45) is 0 Å². The fraction of sp³-hybridized carbons (Fsp3) is 0.105. The van der Waals surface area contributed by atoms with E-state index < -0.39 is 0 Å². The lowest BCUT2D eigenvalue weighted by molar-refractivity contribution is 0.102. The Kier molecular flexibility index (Phi) is 4.76. The van der Waals surface area contributed by atoms with Gasteiger partial charge in [-0.3, -0.25) is 4.79 Å². The van der Waals surface area contributed by atoms with Crippen LogP contribution in [0.5, 0.6) is 11.5 Å². The van der Waals surface area contributed by atoms with Crippen LogP contribution in [0.25, 0.3) is 0 Å². The normalized spacial score (nSPS) is 12.3. The molecule has 0 spiro atoms. The number of hydrogen-bond donors (Lipinski definition) is 2. The standard InChI is InChI=1S/C19H15ClN4O3/c20-12-1-3-13(4-2-12)24-19(25)15-10-18(22-11-21-15)23-14-5-6-16-17(9-14)27-8-7-26-16/h1-6,9-11H,7-8H2,(H,24,25)(H,21,22,23). The van der Waals surface area contributed by atoms with E-state index in [0.717, 1.165) is 5.69 Å². The topological polar surface area (TPSA) is 85.4 Å². The smallest absolute Gasteiger partial charge is 0.274 e. The number of benzene rings is 2. The molecule has 0 saturated carbocycles. The minimum absolute atomic E-state index is 0.236. The number of anilines is 3. The van der Waals surface area contributed by atoms with E-state index in [1.54, 1.807) is 30.3 Å². The number of ether oxygens (including phenoxy) is 2. The van der Waals surface area contributed by atoms with Gasteiger partial charge in [-0.05, 0) is 36.4 Å². The predicted octanol–water partition coefficient (Wildman–Crippen LogP) is 3.90. The summed E-state index contributed by atoms with van der Waals surface area (Å²) in [7, 11) is 0. The average Bonchev–Trinajstić information content (AvgIpc) is 2.70. The maximum Gasteiger partial charge on any atom is 0.274 e. The average molecular weight is 383 g/mol. The molecule has 136 valence electrons. The molecule has 0 unspecified atom stereocenters. The van der Waals surface area contributed by atoms with Crippen molar-refractivity contribution in [3.63, 3.8) is 0 Å². The van der Waals surface area contributed by atoms with Crippen molar-refractivity contribution in [2.75, 3.05) is 23.8 Å². The number of carbonyl (C=O) groups is 1. The van der Waals surface area contributed by atoms with Crippen LogP contribution in [-0.4, -0.2) is 29.1 Å². The van der Waals surface area contributed by atoms with Crippen molar-refractivity contribution in [1.29, 1.82) is 0 Å². The molecule has 8 heteroatoms. The first-order chi connectivity index (χ1) is 13.2. The highest BCUT2D eigenvalue weighted by Gasteiger charge is 2.13. The van der Waals surface area contributed by atoms with Crippen LogP contribution >= 0.6 is 11.6 Å². The van der Waals surface area contributed by atoms with E-state index in [9.17, 15) is 4.79 Å². The maximum absolute atomic E-state index is 12.4. The SMILES string of the molecule is O=C(Nc1ccc(Cl)cc1)c1cc(Nc2ccc3c(c2)OCCO3)ncn1. The van der Waals surface area contributed by atoms with E-state index in [-0.39, 0.29) is 11.6 Å². The van der Waals surface area contributed by atoms with Crippen LogP contribution < -0.4 is 20.1 Å². The quantitative estimate of drug-likeness (QED) is 0.711. The summed E-state index contributed by atoms with van der Waals surface area (Å²) in [6.45, 7) is 1.05. The van der Waals surface area contributed by atoms with Crippen molar-refractivity contribution < 1.29 is 14.3 Å². The highest BCUT2D eigenvalue weighted by molar-refractivity contribution is 6.30. The molecule has 0 fully saturated rings. The molecule has 0 atom stereocenters. The lowest BCUT2D eigenvalue weighted by atomic mass is 10.2. The molecule has 0 radical (unpaired) electrons. The second-order valence-corrected chi connectivity index (χ2v) is 6.17. The third-order valence-electron chi connectivity index (χ3n) is 3.82. The van der Waals surface area contributed by atoms with E-state index in [4.69, 9.17) is 21.1 Å². The number of fused-ring (bicyclic) bond motifs is 1. The summed E-state index contributed by atoms with van der Waals surface area (Å²) in [5.41, 5.74) is 1.63. The summed E-state index contributed by atoms with van der Waals surface area (Å²) >= 11 is 5.85. The van der Waals surface area contributed by atoms with Gasteiger partial charge in [0.2, 0.25) is 0 Å². The van der Waals surface area contributed by atoms with Gasteiger partial charge in [-0.2, -0.15) is 0 Å². The second-order valence-electron chi connectivity index (χ2n) is 5.73. The number of aromatic nitrogens is 2. The molecule has 0 aliphatic carbocycles. The summed E-state index contributed by atoms with van der Waals surface area (Å²) in [6.07, 6.45) is 1.33. The van der Waals surface area contributed by atoms with Crippen LogP contribution in [0.3, 0.4) is 0 Å². The Morgan fingerprint density at radius 3 is 2.48 bits per heavy atom. The molecule has 0 saturated heterocycles. The zero-order valence-electron chi connectivity index (χ0n) is 14.1. The highest BCUT2D eigenvalue weighted by atomic mass is 35.5. The van der Waals surface area contributed by atoms with Crippen molar-refractivity contribution in [3.05, 3.63) is 65.6 Å². The fourth-order valence-electron chi connectivity index (χ4n) is 2.55. The zero-order valence-corrected chi connectivity index (χ0v) is 14.9. The van der Waals surface area contributed by atoms with Crippen molar-refractivity contribution in [2.45, 2.75) is 0 Å². The number of carbonyl (C=O) groups excluding carboxylic acids is 1. The Bertz CT molecular complexity index is 979. The van der Waals surface area contributed by atoms with Crippen molar-refractivity contribution in [1.82, 2.24) is 9.97 Å². The Hall–Kier alpha value is -3.32. The molecule has 2 N–H and O–H groups in total. The van der Waals surface area contributed by atoms with Crippen LogP contribution in [0.15, 0.2) is 54.9 Å². The van der Waals surface area contributed by atoms with E-state index in [2.05, 4.69) is 20.6 Å². The molecule has 2 aromatic carbocycles. The monoisotopic (exact) mass is 382 g/mol. The fourth-order valence-corrected chi connectivity index (χ4v) is 2.67. The first-order valence-corrected chi connectivity index (χ1v) is 8.61. The van der Waals surface area contributed by atoms with Gasteiger partial charge in [-0.15, -0.1) is 0 Å². The minimum Gasteiger partial charge on any atom is -0.486 e. The van der Waals surface area contributed by atoms with Gasteiger partial charge < -0.3 is 20.1 Å².